The number of halogens is 1. The van der Waals surface area contributed by atoms with Crippen molar-refractivity contribution in [1.82, 2.24) is 10.1 Å². The first-order valence-electron chi connectivity index (χ1n) is 8.87. The standard InChI is InChI=1S/C20H19FN2O4S/c1-28(24,25)17-8-2-14(3-9-17)18-22-19(27-23-18)20(10-12-26-13-11-20)15-4-6-16(21)7-5-15/h2-9H,10-13H2,1H3. The fraction of sp³-hybridized carbons (Fsp3) is 0.300. The number of hydrogen-bond acceptors (Lipinski definition) is 6. The van der Waals surface area contributed by atoms with Crippen LogP contribution in [0, 0.1) is 5.82 Å². The molecule has 0 aliphatic carbocycles. The normalized spacial score (nSPS) is 16.8. The molecule has 1 saturated heterocycles. The summed E-state index contributed by atoms with van der Waals surface area (Å²) in [5.74, 6) is 0.524. The summed E-state index contributed by atoms with van der Waals surface area (Å²) >= 11 is 0. The molecule has 1 aliphatic rings. The van der Waals surface area contributed by atoms with Crippen LogP contribution in [0.15, 0.2) is 57.9 Å². The molecule has 6 nitrogen and oxygen atoms in total. The van der Waals surface area contributed by atoms with Crippen LogP contribution in [0.25, 0.3) is 11.4 Å². The molecule has 1 aromatic heterocycles. The van der Waals surface area contributed by atoms with Crippen molar-refractivity contribution >= 4 is 9.84 Å². The van der Waals surface area contributed by atoms with Crippen LogP contribution in [0.3, 0.4) is 0 Å². The summed E-state index contributed by atoms with van der Waals surface area (Å²) < 4.78 is 47.8. The highest BCUT2D eigenvalue weighted by atomic mass is 32.2. The van der Waals surface area contributed by atoms with Gasteiger partial charge in [0.05, 0.1) is 10.3 Å². The van der Waals surface area contributed by atoms with Gasteiger partial charge in [0, 0.05) is 25.0 Å². The zero-order valence-electron chi connectivity index (χ0n) is 15.3. The van der Waals surface area contributed by atoms with Gasteiger partial charge in [0.1, 0.15) is 5.82 Å². The Labute approximate surface area is 162 Å². The van der Waals surface area contributed by atoms with Gasteiger partial charge in [-0.15, -0.1) is 0 Å². The molecule has 0 unspecified atom stereocenters. The number of hydrogen-bond donors (Lipinski definition) is 0. The van der Waals surface area contributed by atoms with Gasteiger partial charge in [-0.2, -0.15) is 4.98 Å². The summed E-state index contributed by atoms with van der Waals surface area (Å²) in [6.45, 7) is 1.08. The average Bonchev–Trinajstić information content (AvgIpc) is 3.19. The Morgan fingerprint density at radius 2 is 1.64 bits per heavy atom. The fourth-order valence-electron chi connectivity index (χ4n) is 3.50. The predicted octanol–water partition coefficient (Wildman–Crippen LogP) is 3.38. The first-order valence-corrected chi connectivity index (χ1v) is 10.8. The molecule has 0 saturated carbocycles. The second-order valence-corrected chi connectivity index (χ2v) is 8.94. The Morgan fingerprint density at radius 3 is 2.25 bits per heavy atom. The summed E-state index contributed by atoms with van der Waals surface area (Å²) in [6, 6.07) is 12.7. The summed E-state index contributed by atoms with van der Waals surface area (Å²) in [7, 11) is -3.27. The molecule has 0 spiro atoms. The minimum Gasteiger partial charge on any atom is -0.381 e. The van der Waals surface area contributed by atoms with E-state index >= 15 is 0 Å². The zero-order valence-corrected chi connectivity index (χ0v) is 16.1. The first kappa shape index (κ1) is 18.8. The summed E-state index contributed by atoms with van der Waals surface area (Å²) in [6.07, 6.45) is 2.45. The van der Waals surface area contributed by atoms with E-state index in [0.29, 0.717) is 43.3 Å². The second-order valence-electron chi connectivity index (χ2n) is 6.92. The SMILES string of the molecule is CS(=O)(=O)c1ccc(-c2noc(C3(c4ccc(F)cc4)CCOCC3)n2)cc1. The van der Waals surface area contributed by atoms with Crippen LogP contribution in [0.5, 0.6) is 0 Å². The Bertz CT molecular complexity index is 1070. The molecule has 0 N–H and O–H groups in total. The van der Waals surface area contributed by atoms with E-state index in [9.17, 15) is 12.8 Å². The van der Waals surface area contributed by atoms with Crippen molar-refractivity contribution < 1.29 is 22.1 Å². The third-order valence-corrected chi connectivity index (χ3v) is 6.25. The van der Waals surface area contributed by atoms with Gasteiger partial charge in [0.25, 0.3) is 0 Å². The minimum absolute atomic E-state index is 0.229. The second kappa shape index (κ2) is 7.10. The van der Waals surface area contributed by atoms with Crippen LogP contribution >= 0.6 is 0 Å². The van der Waals surface area contributed by atoms with E-state index in [1.54, 1.807) is 24.3 Å². The maximum atomic E-state index is 13.4. The lowest BCUT2D eigenvalue weighted by Gasteiger charge is -2.34. The number of aromatic nitrogens is 2. The Hall–Kier alpha value is -2.58. The summed E-state index contributed by atoms with van der Waals surface area (Å²) in [5.41, 5.74) is 1.02. The Balaban J connectivity index is 1.72. The van der Waals surface area contributed by atoms with E-state index in [1.165, 1.54) is 24.3 Å². The van der Waals surface area contributed by atoms with Crippen molar-refractivity contribution in [3.63, 3.8) is 0 Å². The van der Waals surface area contributed by atoms with Crippen LogP contribution in [-0.2, 0) is 20.0 Å². The highest BCUT2D eigenvalue weighted by Crippen LogP contribution is 2.41. The molecule has 28 heavy (non-hydrogen) atoms. The summed E-state index contributed by atoms with van der Waals surface area (Å²) in [4.78, 5) is 4.82. The molecule has 0 bridgehead atoms. The smallest absolute Gasteiger partial charge is 0.237 e. The van der Waals surface area contributed by atoms with Crippen molar-refractivity contribution in [2.24, 2.45) is 0 Å². The van der Waals surface area contributed by atoms with Gasteiger partial charge in [-0.05, 0) is 54.8 Å². The zero-order chi connectivity index (χ0) is 19.8. The monoisotopic (exact) mass is 402 g/mol. The Kier molecular flexibility index (Phi) is 4.76. The van der Waals surface area contributed by atoms with Gasteiger partial charge in [-0.3, -0.25) is 0 Å². The number of sulfone groups is 1. The average molecular weight is 402 g/mol. The van der Waals surface area contributed by atoms with Crippen molar-refractivity contribution in [3.8, 4) is 11.4 Å². The van der Waals surface area contributed by atoms with Crippen LogP contribution < -0.4 is 0 Å². The lowest BCUT2D eigenvalue weighted by Crippen LogP contribution is -2.35. The quantitative estimate of drug-likeness (QED) is 0.665. The van der Waals surface area contributed by atoms with Gasteiger partial charge in [0.2, 0.25) is 11.7 Å². The number of benzene rings is 2. The van der Waals surface area contributed by atoms with Gasteiger partial charge in [0.15, 0.2) is 9.84 Å². The maximum Gasteiger partial charge on any atom is 0.237 e. The Morgan fingerprint density at radius 1 is 1.00 bits per heavy atom. The molecule has 146 valence electrons. The predicted molar refractivity (Wildman–Crippen MR) is 100 cm³/mol. The molecule has 0 radical (unpaired) electrons. The molecule has 2 heterocycles. The van der Waals surface area contributed by atoms with E-state index in [4.69, 9.17) is 9.26 Å². The topological polar surface area (TPSA) is 82.3 Å². The van der Waals surface area contributed by atoms with Crippen molar-refractivity contribution in [2.75, 3.05) is 19.5 Å². The van der Waals surface area contributed by atoms with Gasteiger partial charge >= 0.3 is 0 Å². The van der Waals surface area contributed by atoms with E-state index in [1.807, 2.05) is 0 Å². The molecule has 3 aromatic rings. The van der Waals surface area contributed by atoms with E-state index in [2.05, 4.69) is 10.1 Å². The molecule has 4 rings (SSSR count). The highest BCUT2D eigenvalue weighted by molar-refractivity contribution is 7.90. The first-order chi connectivity index (χ1) is 13.4. The van der Waals surface area contributed by atoms with Crippen LogP contribution in [0.4, 0.5) is 4.39 Å². The van der Waals surface area contributed by atoms with Gasteiger partial charge < -0.3 is 9.26 Å². The number of ether oxygens (including phenoxy) is 1. The fourth-order valence-corrected chi connectivity index (χ4v) is 4.13. The lowest BCUT2D eigenvalue weighted by molar-refractivity contribution is 0.0523. The molecule has 0 atom stereocenters. The van der Waals surface area contributed by atoms with Crippen LogP contribution in [0.2, 0.25) is 0 Å². The molecule has 2 aromatic carbocycles. The van der Waals surface area contributed by atoms with E-state index < -0.39 is 15.3 Å². The largest absolute Gasteiger partial charge is 0.381 e. The third kappa shape index (κ3) is 3.45. The maximum absolute atomic E-state index is 13.4. The lowest BCUT2D eigenvalue weighted by atomic mass is 9.74. The molecule has 8 heteroatoms. The van der Waals surface area contributed by atoms with E-state index in [0.717, 1.165) is 11.8 Å². The minimum atomic E-state index is -3.27. The molecular formula is C20H19FN2O4S. The van der Waals surface area contributed by atoms with Crippen molar-refractivity contribution in [3.05, 3.63) is 65.8 Å². The highest BCUT2D eigenvalue weighted by Gasteiger charge is 2.41. The molecule has 1 fully saturated rings. The van der Waals surface area contributed by atoms with Crippen molar-refractivity contribution in [1.29, 1.82) is 0 Å². The third-order valence-electron chi connectivity index (χ3n) is 5.12. The van der Waals surface area contributed by atoms with Gasteiger partial charge in [-0.25, -0.2) is 12.8 Å². The van der Waals surface area contributed by atoms with Crippen LogP contribution in [-0.4, -0.2) is 38.0 Å². The van der Waals surface area contributed by atoms with Crippen LogP contribution in [0.1, 0.15) is 24.3 Å². The van der Waals surface area contributed by atoms with E-state index in [-0.39, 0.29) is 10.7 Å². The van der Waals surface area contributed by atoms with Gasteiger partial charge in [-0.1, -0.05) is 17.3 Å². The summed E-state index contributed by atoms with van der Waals surface area (Å²) in [5, 5.41) is 4.09. The molecule has 0 amide bonds. The number of nitrogens with zero attached hydrogens (tertiary/aromatic N) is 2. The molecular weight excluding hydrogens is 383 g/mol. The number of rotatable bonds is 4. The molecule has 1 aliphatic heterocycles. The van der Waals surface area contributed by atoms with Crippen molar-refractivity contribution in [2.45, 2.75) is 23.2 Å².